The number of hydrogen-bond acceptors (Lipinski definition) is 4. The predicted molar refractivity (Wildman–Crippen MR) is 91.9 cm³/mol. The summed E-state index contributed by atoms with van der Waals surface area (Å²) in [7, 11) is 1.64. The van der Waals surface area contributed by atoms with Crippen LogP contribution in [0.5, 0.6) is 5.75 Å². The molecule has 1 aromatic heterocycles. The van der Waals surface area contributed by atoms with E-state index in [1.807, 2.05) is 49.0 Å². The summed E-state index contributed by atoms with van der Waals surface area (Å²) in [6.07, 6.45) is 3.92. The number of ether oxygens (including phenoxy) is 1. The molecule has 0 unspecified atom stereocenters. The van der Waals surface area contributed by atoms with Crippen molar-refractivity contribution in [3.05, 3.63) is 47.8 Å². The van der Waals surface area contributed by atoms with E-state index in [0.29, 0.717) is 12.6 Å². The molecule has 128 valence electrons. The minimum absolute atomic E-state index is 0.0380. The number of para-hydroxylation sites is 1. The molecule has 1 aliphatic heterocycles. The van der Waals surface area contributed by atoms with E-state index in [4.69, 9.17) is 4.74 Å². The van der Waals surface area contributed by atoms with E-state index in [9.17, 15) is 4.79 Å². The highest BCUT2D eigenvalue weighted by Crippen LogP contribution is 2.23. The number of amides is 1. The molecule has 2 heterocycles. The van der Waals surface area contributed by atoms with Crippen molar-refractivity contribution in [2.75, 3.05) is 20.2 Å². The predicted octanol–water partition coefficient (Wildman–Crippen LogP) is 1.76. The highest BCUT2D eigenvalue weighted by Gasteiger charge is 2.34. The second kappa shape index (κ2) is 7.05. The van der Waals surface area contributed by atoms with Gasteiger partial charge in [0.05, 0.1) is 25.4 Å². The third-order valence-electron chi connectivity index (χ3n) is 4.57. The Morgan fingerprint density at radius 2 is 2.17 bits per heavy atom. The molecule has 1 atom stereocenters. The van der Waals surface area contributed by atoms with Crippen LogP contribution >= 0.6 is 0 Å². The molecule has 0 saturated carbocycles. The summed E-state index contributed by atoms with van der Waals surface area (Å²) in [5.74, 6) is 0.833. The van der Waals surface area contributed by atoms with Gasteiger partial charge in [0.1, 0.15) is 5.75 Å². The van der Waals surface area contributed by atoms with E-state index in [-0.39, 0.29) is 11.9 Å². The lowest BCUT2D eigenvalue weighted by molar-refractivity contribution is -0.128. The van der Waals surface area contributed by atoms with Crippen LogP contribution in [-0.2, 0) is 11.3 Å². The van der Waals surface area contributed by atoms with Crippen LogP contribution < -0.4 is 10.1 Å². The molecule has 1 aromatic carbocycles. The Bertz CT molecular complexity index is 707. The Morgan fingerprint density at radius 1 is 1.42 bits per heavy atom. The average molecular weight is 328 g/mol. The molecule has 6 heteroatoms. The molecule has 1 amide bonds. The molecule has 3 rings (SSSR count). The van der Waals surface area contributed by atoms with Gasteiger partial charge in [0.25, 0.3) is 0 Å². The fourth-order valence-corrected chi connectivity index (χ4v) is 2.95. The highest BCUT2D eigenvalue weighted by molar-refractivity contribution is 5.81. The van der Waals surface area contributed by atoms with E-state index < -0.39 is 0 Å². The first-order valence-corrected chi connectivity index (χ1v) is 8.23. The number of rotatable bonds is 6. The standard InChI is InChI=1S/C18H24N4O2/c1-13-8-20-22(10-13)16-11-21(12-16)14(2)18(23)19-9-15-6-4-5-7-17(15)24-3/h4-8,10,14,16H,9,11-12H2,1-3H3,(H,19,23)/t14-/m0/s1. The van der Waals surface area contributed by atoms with Crippen molar-refractivity contribution in [1.29, 1.82) is 0 Å². The second-order valence-corrected chi connectivity index (χ2v) is 6.31. The number of aromatic nitrogens is 2. The van der Waals surface area contributed by atoms with Gasteiger partial charge in [-0.1, -0.05) is 18.2 Å². The van der Waals surface area contributed by atoms with Crippen LogP contribution in [-0.4, -0.2) is 46.8 Å². The molecule has 0 bridgehead atoms. The molecule has 1 fully saturated rings. The van der Waals surface area contributed by atoms with Gasteiger partial charge in [0.15, 0.2) is 0 Å². The SMILES string of the molecule is COc1ccccc1CNC(=O)[C@H](C)N1CC(n2cc(C)cn2)C1. The van der Waals surface area contributed by atoms with Gasteiger partial charge >= 0.3 is 0 Å². The fraction of sp³-hybridized carbons (Fsp3) is 0.444. The van der Waals surface area contributed by atoms with Crippen molar-refractivity contribution in [1.82, 2.24) is 20.0 Å². The van der Waals surface area contributed by atoms with Crippen LogP contribution in [0.3, 0.4) is 0 Å². The number of methoxy groups -OCH3 is 1. The molecule has 6 nitrogen and oxygen atoms in total. The van der Waals surface area contributed by atoms with Crippen LogP contribution in [0, 0.1) is 6.92 Å². The summed E-state index contributed by atoms with van der Waals surface area (Å²) in [5.41, 5.74) is 2.14. The van der Waals surface area contributed by atoms with E-state index >= 15 is 0 Å². The molecule has 24 heavy (non-hydrogen) atoms. The monoisotopic (exact) mass is 328 g/mol. The molecule has 0 spiro atoms. The van der Waals surface area contributed by atoms with Gasteiger partial charge in [-0.15, -0.1) is 0 Å². The first-order chi connectivity index (χ1) is 11.6. The Morgan fingerprint density at radius 3 is 2.83 bits per heavy atom. The van der Waals surface area contributed by atoms with Crippen molar-refractivity contribution in [2.45, 2.75) is 32.5 Å². The van der Waals surface area contributed by atoms with E-state index in [1.165, 1.54) is 0 Å². The fourth-order valence-electron chi connectivity index (χ4n) is 2.95. The lowest BCUT2D eigenvalue weighted by Crippen LogP contribution is -2.56. The normalized spacial score (nSPS) is 16.5. The topological polar surface area (TPSA) is 59.4 Å². The molecular formula is C18H24N4O2. The Kier molecular flexibility index (Phi) is 4.85. The second-order valence-electron chi connectivity index (χ2n) is 6.31. The molecule has 0 radical (unpaired) electrons. The van der Waals surface area contributed by atoms with Gasteiger partial charge in [-0.3, -0.25) is 14.4 Å². The number of aryl methyl sites for hydroxylation is 1. The van der Waals surface area contributed by atoms with Crippen LogP contribution in [0.4, 0.5) is 0 Å². The Labute approximate surface area is 142 Å². The quantitative estimate of drug-likeness (QED) is 0.878. The first kappa shape index (κ1) is 16.5. The van der Waals surface area contributed by atoms with Gasteiger partial charge in [-0.2, -0.15) is 5.10 Å². The van der Waals surface area contributed by atoms with Crippen LogP contribution in [0.15, 0.2) is 36.7 Å². The van der Waals surface area contributed by atoms with Crippen LogP contribution in [0.25, 0.3) is 0 Å². The summed E-state index contributed by atoms with van der Waals surface area (Å²) in [4.78, 5) is 14.5. The minimum atomic E-state index is -0.146. The number of carbonyl (C=O) groups excluding carboxylic acids is 1. The minimum Gasteiger partial charge on any atom is -0.496 e. The number of nitrogens with zero attached hydrogens (tertiary/aromatic N) is 3. The van der Waals surface area contributed by atoms with Crippen molar-refractivity contribution < 1.29 is 9.53 Å². The van der Waals surface area contributed by atoms with Crippen molar-refractivity contribution in [2.24, 2.45) is 0 Å². The van der Waals surface area contributed by atoms with E-state index in [1.54, 1.807) is 7.11 Å². The number of benzene rings is 1. The first-order valence-electron chi connectivity index (χ1n) is 8.23. The average Bonchev–Trinajstić information content (AvgIpc) is 2.97. The number of likely N-dealkylation sites (tertiary alicyclic amines) is 1. The van der Waals surface area contributed by atoms with Gasteiger partial charge in [0, 0.05) is 31.4 Å². The lowest BCUT2D eigenvalue weighted by Gasteiger charge is -2.42. The van der Waals surface area contributed by atoms with Gasteiger partial charge < -0.3 is 10.1 Å². The van der Waals surface area contributed by atoms with Crippen LogP contribution in [0.2, 0.25) is 0 Å². The lowest BCUT2D eigenvalue weighted by atomic mass is 10.1. The number of nitrogens with one attached hydrogen (secondary N) is 1. The molecular weight excluding hydrogens is 304 g/mol. The maximum atomic E-state index is 12.4. The van der Waals surface area contributed by atoms with Crippen LogP contribution in [0.1, 0.15) is 24.1 Å². The molecule has 1 aliphatic rings. The van der Waals surface area contributed by atoms with E-state index in [0.717, 1.165) is 30.0 Å². The Balaban J connectivity index is 1.49. The smallest absolute Gasteiger partial charge is 0.237 e. The summed E-state index contributed by atoms with van der Waals surface area (Å²) >= 11 is 0. The highest BCUT2D eigenvalue weighted by atomic mass is 16.5. The molecule has 1 N–H and O–H groups in total. The third-order valence-corrected chi connectivity index (χ3v) is 4.57. The summed E-state index contributed by atoms with van der Waals surface area (Å²) < 4.78 is 7.30. The zero-order chi connectivity index (χ0) is 17.1. The maximum absolute atomic E-state index is 12.4. The zero-order valence-electron chi connectivity index (χ0n) is 14.4. The summed E-state index contributed by atoms with van der Waals surface area (Å²) in [6, 6.07) is 7.94. The molecule has 0 aliphatic carbocycles. The third kappa shape index (κ3) is 3.43. The largest absolute Gasteiger partial charge is 0.496 e. The van der Waals surface area contributed by atoms with Crippen molar-refractivity contribution >= 4 is 5.91 Å². The van der Waals surface area contributed by atoms with Gasteiger partial charge in [0.2, 0.25) is 5.91 Å². The van der Waals surface area contributed by atoms with Crippen molar-refractivity contribution in [3.8, 4) is 5.75 Å². The Hall–Kier alpha value is -2.34. The van der Waals surface area contributed by atoms with Gasteiger partial charge in [-0.25, -0.2) is 0 Å². The van der Waals surface area contributed by atoms with Gasteiger partial charge in [-0.05, 0) is 25.5 Å². The molecule has 2 aromatic rings. The zero-order valence-corrected chi connectivity index (χ0v) is 14.4. The van der Waals surface area contributed by atoms with E-state index in [2.05, 4.69) is 21.5 Å². The maximum Gasteiger partial charge on any atom is 0.237 e. The summed E-state index contributed by atoms with van der Waals surface area (Å²) in [6.45, 7) is 6.16. The molecule has 1 saturated heterocycles. The summed E-state index contributed by atoms with van der Waals surface area (Å²) in [5, 5.41) is 7.35. The number of carbonyl (C=O) groups is 1. The number of hydrogen-bond donors (Lipinski definition) is 1. The van der Waals surface area contributed by atoms with Crippen molar-refractivity contribution in [3.63, 3.8) is 0 Å².